The first-order chi connectivity index (χ1) is 18.1. The highest BCUT2D eigenvalue weighted by Crippen LogP contribution is 2.43. The highest BCUT2D eigenvalue weighted by Gasteiger charge is 2.26. The van der Waals surface area contributed by atoms with Crippen molar-refractivity contribution in [1.82, 2.24) is 5.32 Å². The van der Waals surface area contributed by atoms with Crippen molar-refractivity contribution in [2.24, 2.45) is 4.99 Å². The van der Waals surface area contributed by atoms with Gasteiger partial charge in [0.05, 0.1) is 37.6 Å². The maximum atomic E-state index is 12.5. The van der Waals surface area contributed by atoms with Crippen LogP contribution in [-0.2, 0) is 4.79 Å². The normalized spacial score (nSPS) is 15.0. The van der Waals surface area contributed by atoms with Gasteiger partial charge in [-0.1, -0.05) is 11.6 Å². The van der Waals surface area contributed by atoms with Crippen molar-refractivity contribution >= 4 is 73.5 Å². The standard InChI is InChI=1S/C24H16BrClN4O7S/c1-2-36-20-10-13(11-21-23(31)28-24(38-21)27-15-5-3-14(26)4-6-15)9-17(25)22(20)37-19-8-7-16(29(32)33)12-18(19)30(34)35/h3-12H,2H2,1H3,(H,27,28,31)/b21-11-. The molecule has 38 heavy (non-hydrogen) atoms. The quantitative estimate of drug-likeness (QED) is 0.161. The third-order valence-corrected chi connectivity index (χ3v) is 6.65. The summed E-state index contributed by atoms with van der Waals surface area (Å²) in [5.74, 6) is -0.180. The van der Waals surface area contributed by atoms with Gasteiger partial charge >= 0.3 is 5.69 Å². The van der Waals surface area contributed by atoms with Crippen molar-refractivity contribution < 1.29 is 24.1 Å². The number of amides is 1. The van der Waals surface area contributed by atoms with Crippen LogP contribution in [0.4, 0.5) is 17.1 Å². The van der Waals surface area contributed by atoms with E-state index in [4.69, 9.17) is 21.1 Å². The number of thioether (sulfide) groups is 1. The van der Waals surface area contributed by atoms with E-state index in [0.717, 1.165) is 30.0 Å². The summed E-state index contributed by atoms with van der Waals surface area (Å²) in [5.41, 5.74) is 0.186. The molecule has 3 aromatic carbocycles. The summed E-state index contributed by atoms with van der Waals surface area (Å²) >= 11 is 10.4. The first-order valence-electron chi connectivity index (χ1n) is 10.8. The Balaban J connectivity index is 1.65. The van der Waals surface area contributed by atoms with Gasteiger partial charge in [0.15, 0.2) is 16.7 Å². The van der Waals surface area contributed by atoms with Crippen molar-refractivity contribution in [1.29, 1.82) is 0 Å². The highest BCUT2D eigenvalue weighted by atomic mass is 79.9. The van der Waals surface area contributed by atoms with Crippen LogP contribution in [0, 0.1) is 20.2 Å². The van der Waals surface area contributed by atoms with Crippen LogP contribution in [0.1, 0.15) is 12.5 Å². The zero-order chi connectivity index (χ0) is 27.4. The van der Waals surface area contributed by atoms with Crippen LogP contribution in [0.15, 0.2) is 69.0 Å². The van der Waals surface area contributed by atoms with Crippen LogP contribution in [0.25, 0.3) is 6.08 Å². The van der Waals surface area contributed by atoms with Crippen molar-refractivity contribution in [3.63, 3.8) is 0 Å². The maximum Gasteiger partial charge on any atom is 0.318 e. The molecule has 1 fully saturated rings. The number of nitro groups is 2. The molecule has 1 aliphatic rings. The summed E-state index contributed by atoms with van der Waals surface area (Å²) in [7, 11) is 0. The lowest BCUT2D eigenvalue weighted by Gasteiger charge is -2.14. The number of benzene rings is 3. The largest absolute Gasteiger partial charge is 0.490 e. The Kier molecular flexibility index (Phi) is 8.29. The fourth-order valence-electron chi connectivity index (χ4n) is 3.26. The molecule has 14 heteroatoms. The second-order valence-corrected chi connectivity index (χ2v) is 9.81. The highest BCUT2D eigenvalue weighted by molar-refractivity contribution is 9.10. The second kappa shape index (κ2) is 11.6. The molecule has 0 saturated carbocycles. The molecular weight excluding hydrogens is 604 g/mol. The Morgan fingerprint density at radius 2 is 1.82 bits per heavy atom. The molecular formula is C24H16BrClN4O7S. The summed E-state index contributed by atoms with van der Waals surface area (Å²) in [6.07, 6.45) is 1.63. The topological polar surface area (TPSA) is 146 Å². The maximum absolute atomic E-state index is 12.5. The van der Waals surface area contributed by atoms with Gasteiger partial charge in [-0.2, -0.15) is 0 Å². The summed E-state index contributed by atoms with van der Waals surface area (Å²) in [6.45, 7) is 2.00. The number of rotatable bonds is 8. The number of nitro benzene ring substituents is 2. The fraction of sp³-hybridized carbons (Fsp3) is 0.0833. The molecule has 1 amide bonds. The van der Waals surface area contributed by atoms with Gasteiger partial charge in [-0.05, 0) is 88.7 Å². The molecule has 0 unspecified atom stereocenters. The minimum Gasteiger partial charge on any atom is -0.490 e. The summed E-state index contributed by atoms with van der Waals surface area (Å²) < 4.78 is 11.9. The van der Waals surface area contributed by atoms with E-state index in [9.17, 15) is 25.0 Å². The molecule has 1 heterocycles. The van der Waals surface area contributed by atoms with Gasteiger partial charge in [-0.15, -0.1) is 0 Å². The van der Waals surface area contributed by atoms with E-state index in [1.54, 1.807) is 49.4 Å². The number of hydrogen-bond acceptors (Lipinski definition) is 9. The number of carbonyl (C=O) groups is 1. The van der Waals surface area contributed by atoms with Crippen LogP contribution in [0.2, 0.25) is 5.02 Å². The number of ether oxygens (including phenoxy) is 2. The van der Waals surface area contributed by atoms with Crippen molar-refractivity contribution in [3.05, 3.63) is 94.8 Å². The van der Waals surface area contributed by atoms with E-state index in [1.807, 2.05) is 0 Å². The summed E-state index contributed by atoms with van der Waals surface area (Å²) in [6, 6.07) is 13.2. The minimum absolute atomic E-state index is 0.125. The van der Waals surface area contributed by atoms with Gasteiger partial charge in [0, 0.05) is 11.1 Å². The molecule has 0 radical (unpaired) electrons. The number of nitrogens with one attached hydrogen (secondary N) is 1. The van der Waals surface area contributed by atoms with Crippen LogP contribution >= 0.6 is 39.3 Å². The van der Waals surface area contributed by atoms with Crippen LogP contribution in [0.5, 0.6) is 17.2 Å². The van der Waals surface area contributed by atoms with E-state index < -0.39 is 21.2 Å². The van der Waals surface area contributed by atoms with E-state index in [2.05, 4.69) is 26.2 Å². The molecule has 0 atom stereocenters. The Morgan fingerprint density at radius 3 is 2.47 bits per heavy atom. The van der Waals surface area contributed by atoms with Crippen LogP contribution in [0.3, 0.4) is 0 Å². The third kappa shape index (κ3) is 6.30. The van der Waals surface area contributed by atoms with Gasteiger partial charge in [-0.25, -0.2) is 4.99 Å². The lowest BCUT2D eigenvalue weighted by Crippen LogP contribution is -2.19. The Bertz CT molecular complexity index is 1510. The van der Waals surface area contributed by atoms with Crippen LogP contribution in [-0.4, -0.2) is 27.5 Å². The molecule has 11 nitrogen and oxygen atoms in total. The van der Waals surface area contributed by atoms with Crippen molar-refractivity contribution in [2.75, 3.05) is 6.61 Å². The molecule has 0 aromatic heterocycles. The SMILES string of the molecule is CCOc1cc(/C=C2\SC(=Nc3ccc(Cl)cc3)NC2=O)cc(Br)c1Oc1ccc([N+](=O)[O-])cc1[N+](=O)[O-]. The predicted octanol–water partition coefficient (Wildman–Crippen LogP) is 7.00. The number of carbonyl (C=O) groups excluding carboxylic acids is 1. The average Bonchev–Trinajstić information content (AvgIpc) is 3.20. The second-order valence-electron chi connectivity index (χ2n) is 7.49. The number of non-ortho nitro benzene ring substituents is 1. The molecule has 194 valence electrons. The van der Waals surface area contributed by atoms with E-state index >= 15 is 0 Å². The predicted molar refractivity (Wildman–Crippen MR) is 147 cm³/mol. The average molecular weight is 620 g/mol. The van der Waals surface area contributed by atoms with Crippen LogP contribution < -0.4 is 14.8 Å². The van der Waals surface area contributed by atoms with Crippen molar-refractivity contribution in [2.45, 2.75) is 6.92 Å². The zero-order valence-corrected chi connectivity index (χ0v) is 22.5. The van der Waals surface area contributed by atoms with Gasteiger partial charge < -0.3 is 14.8 Å². The Morgan fingerprint density at radius 1 is 1.08 bits per heavy atom. The number of amidine groups is 1. The molecule has 0 bridgehead atoms. The molecule has 1 aliphatic heterocycles. The number of aliphatic imine (C=N–C) groups is 1. The van der Waals surface area contributed by atoms with Gasteiger partial charge in [0.25, 0.3) is 11.6 Å². The smallest absolute Gasteiger partial charge is 0.318 e. The number of hydrogen-bond donors (Lipinski definition) is 1. The summed E-state index contributed by atoms with van der Waals surface area (Å²) in [4.78, 5) is 38.4. The minimum atomic E-state index is -0.769. The fourth-order valence-corrected chi connectivity index (χ4v) is 4.76. The number of halogens is 2. The monoisotopic (exact) mass is 618 g/mol. The first kappa shape index (κ1) is 27.1. The molecule has 0 spiro atoms. The molecule has 0 aliphatic carbocycles. The number of nitrogens with zero attached hydrogens (tertiary/aromatic N) is 3. The molecule has 1 saturated heterocycles. The van der Waals surface area contributed by atoms with E-state index in [0.29, 0.717) is 30.8 Å². The first-order valence-corrected chi connectivity index (χ1v) is 12.8. The van der Waals surface area contributed by atoms with Gasteiger partial charge in [-0.3, -0.25) is 25.0 Å². The molecule has 3 aromatic rings. The Hall–Kier alpha value is -3.94. The third-order valence-electron chi connectivity index (χ3n) is 4.90. The lowest BCUT2D eigenvalue weighted by molar-refractivity contribution is -0.394. The molecule has 1 N–H and O–H groups in total. The van der Waals surface area contributed by atoms with E-state index in [1.165, 1.54) is 0 Å². The van der Waals surface area contributed by atoms with Crippen molar-refractivity contribution in [3.8, 4) is 17.2 Å². The summed E-state index contributed by atoms with van der Waals surface area (Å²) in [5, 5.41) is 26.2. The van der Waals surface area contributed by atoms with Gasteiger partial charge in [0.2, 0.25) is 5.75 Å². The molecule has 4 rings (SSSR count). The lowest BCUT2D eigenvalue weighted by atomic mass is 10.1. The van der Waals surface area contributed by atoms with Gasteiger partial charge in [0.1, 0.15) is 0 Å². The zero-order valence-electron chi connectivity index (χ0n) is 19.3. The van der Waals surface area contributed by atoms with E-state index in [-0.39, 0.29) is 29.8 Å². The Labute approximate surface area is 232 Å².